The van der Waals surface area contributed by atoms with Crippen molar-refractivity contribution in [2.24, 2.45) is 0 Å². The summed E-state index contributed by atoms with van der Waals surface area (Å²) in [5, 5.41) is 11.0. The molecule has 0 N–H and O–H groups in total. The van der Waals surface area contributed by atoms with Gasteiger partial charge in [0.05, 0.1) is 4.92 Å². The van der Waals surface area contributed by atoms with Gasteiger partial charge in [0, 0.05) is 11.1 Å². The zero-order valence-corrected chi connectivity index (χ0v) is 9.06. The quantitative estimate of drug-likeness (QED) is 0.523. The van der Waals surface area contributed by atoms with Crippen LogP contribution in [-0.4, -0.2) is 4.92 Å². The third-order valence-electron chi connectivity index (χ3n) is 2.37. The van der Waals surface area contributed by atoms with E-state index in [0.29, 0.717) is 12.8 Å². The second-order valence-corrected chi connectivity index (χ2v) is 3.27. The summed E-state index contributed by atoms with van der Waals surface area (Å²) in [7, 11) is 0. The van der Waals surface area contributed by atoms with Crippen LogP contribution < -0.4 is 0 Å². The van der Waals surface area contributed by atoms with Crippen molar-refractivity contribution >= 4 is 0 Å². The van der Waals surface area contributed by atoms with Crippen LogP contribution in [0.25, 0.3) is 0 Å². The Morgan fingerprint density at radius 1 is 1.20 bits per heavy atom. The van der Waals surface area contributed by atoms with Gasteiger partial charge in [0.1, 0.15) is 0 Å². The fourth-order valence-electron chi connectivity index (χ4n) is 1.58. The van der Waals surface area contributed by atoms with Gasteiger partial charge in [-0.05, 0) is 12.8 Å². The maximum absolute atomic E-state index is 11.0. The summed E-state index contributed by atoms with van der Waals surface area (Å²) in [6.45, 7) is 3.86. The Labute approximate surface area is 89.6 Å². The molecule has 0 radical (unpaired) electrons. The van der Waals surface area contributed by atoms with Gasteiger partial charge in [-0.25, -0.2) is 0 Å². The van der Waals surface area contributed by atoms with Crippen molar-refractivity contribution in [1.29, 1.82) is 0 Å². The smallest absolute Gasteiger partial charge is 0.258 e. The molecule has 0 saturated heterocycles. The van der Waals surface area contributed by atoms with Crippen LogP contribution >= 0.6 is 0 Å². The first-order valence-corrected chi connectivity index (χ1v) is 5.12. The van der Waals surface area contributed by atoms with Crippen LogP contribution in [0.5, 0.6) is 0 Å². The van der Waals surface area contributed by atoms with Gasteiger partial charge in [-0.3, -0.25) is 10.1 Å². The van der Waals surface area contributed by atoms with Crippen LogP contribution in [0.15, 0.2) is 47.2 Å². The van der Waals surface area contributed by atoms with Crippen LogP contribution in [0.2, 0.25) is 0 Å². The highest BCUT2D eigenvalue weighted by Crippen LogP contribution is 2.23. The SMILES string of the molecule is CCC1=C/C=C/C=C\C(CC)=C1[N+](=O)[O-]. The summed E-state index contributed by atoms with van der Waals surface area (Å²) in [5.41, 5.74) is 1.84. The molecule has 0 atom stereocenters. The topological polar surface area (TPSA) is 43.1 Å². The van der Waals surface area contributed by atoms with Crippen molar-refractivity contribution in [2.45, 2.75) is 26.7 Å². The van der Waals surface area contributed by atoms with E-state index in [1.807, 2.05) is 44.2 Å². The Kier molecular flexibility index (Phi) is 4.03. The maximum atomic E-state index is 11.0. The highest BCUT2D eigenvalue weighted by atomic mass is 16.6. The molecular weight excluding hydrogens is 190 g/mol. The summed E-state index contributed by atoms with van der Waals surface area (Å²) >= 11 is 0. The first-order valence-electron chi connectivity index (χ1n) is 5.12. The molecule has 0 bridgehead atoms. The minimum Gasteiger partial charge on any atom is -0.258 e. The Morgan fingerprint density at radius 2 is 1.93 bits per heavy atom. The normalized spacial score (nSPS) is 20.3. The number of nitrogens with zero attached hydrogens (tertiary/aromatic N) is 1. The standard InChI is InChI=1S/C12H15NO2/c1-3-10-8-6-5-7-9-11(4-2)12(10)13(14)15/h5-9H,3-4H2,1-2H3/b6-5+,7-5?,8-6?,9-7-,10-8?,11-9?,12-10?,12-11?. The fourth-order valence-corrected chi connectivity index (χ4v) is 1.58. The Morgan fingerprint density at radius 3 is 2.47 bits per heavy atom. The number of hydrogen-bond acceptors (Lipinski definition) is 2. The lowest BCUT2D eigenvalue weighted by atomic mass is 10.0. The van der Waals surface area contributed by atoms with E-state index in [0.717, 1.165) is 11.1 Å². The minimum atomic E-state index is -0.280. The van der Waals surface area contributed by atoms with Crippen molar-refractivity contribution in [3.05, 3.63) is 57.3 Å². The average molecular weight is 205 g/mol. The van der Waals surface area contributed by atoms with E-state index in [1.165, 1.54) is 0 Å². The zero-order valence-electron chi connectivity index (χ0n) is 9.06. The van der Waals surface area contributed by atoms with Crippen LogP contribution in [0, 0.1) is 10.1 Å². The molecule has 0 spiro atoms. The number of nitro groups is 1. The van der Waals surface area contributed by atoms with Gasteiger partial charge in [-0.2, -0.15) is 0 Å². The molecule has 0 aromatic rings. The molecule has 0 saturated carbocycles. The molecule has 3 nitrogen and oxygen atoms in total. The largest absolute Gasteiger partial charge is 0.275 e. The fraction of sp³-hybridized carbons (Fsp3) is 0.333. The van der Waals surface area contributed by atoms with Crippen molar-refractivity contribution in [3.8, 4) is 0 Å². The first-order chi connectivity index (χ1) is 7.20. The molecule has 1 rings (SSSR count). The van der Waals surface area contributed by atoms with Gasteiger partial charge in [-0.15, -0.1) is 0 Å². The molecule has 3 heteroatoms. The number of hydrogen-bond donors (Lipinski definition) is 0. The van der Waals surface area contributed by atoms with Gasteiger partial charge < -0.3 is 0 Å². The lowest BCUT2D eigenvalue weighted by Crippen LogP contribution is -2.05. The van der Waals surface area contributed by atoms with Gasteiger partial charge >= 0.3 is 0 Å². The molecule has 15 heavy (non-hydrogen) atoms. The number of rotatable bonds is 3. The average Bonchev–Trinajstić information content (AvgIpc) is 2.17. The monoisotopic (exact) mass is 205 g/mol. The number of allylic oxidation sites excluding steroid dienone is 7. The van der Waals surface area contributed by atoms with E-state index in [2.05, 4.69) is 0 Å². The van der Waals surface area contributed by atoms with E-state index in [9.17, 15) is 10.1 Å². The Hall–Kier alpha value is -1.64. The summed E-state index contributed by atoms with van der Waals surface area (Å²) < 4.78 is 0. The van der Waals surface area contributed by atoms with Crippen LogP contribution in [0.4, 0.5) is 0 Å². The molecule has 1 aliphatic rings. The highest BCUT2D eigenvalue weighted by molar-refractivity contribution is 5.40. The Bertz CT molecular complexity index is 373. The second-order valence-electron chi connectivity index (χ2n) is 3.27. The predicted molar refractivity (Wildman–Crippen MR) is 61.0 cm³/mol. The first kappa shape index (κ1) is 11.4. The third-order valence-corrected chi connectivity index (χ3v) is 2.37. The summed E-state index contributed by atoms with van der Waals surface area (Å²) in [5.74, 6) is 0. The molecule has 0 heterocycles. The maximum Gasteiger partial charge on any atom is 0.275 e. The molecule has 1 aliphatic carbocycles. The molecule has 0 amide bonds. The van der Waals surface area contributed by atoms with E-state index in [4.69, 9.17) is 0 Å². The Balaban J connectivity index is 3.29. The van der Waals surface area contributed by atoms with Gasteiger partial charge in [0.25, 0.3) is 5.70 Å². The van der Waals surface area contributed by atoms with Gasteiger partial charge in [-0.1, -0.05) is 44.2 Å². The van der Waals surface area contributed by atoms with Crippen molar-refractivity contribution in [3.63, 3.8) is 0 Å². The summed E-state index contributed by atoms with van der Waals surface area (Å²) in [4.78, 5) is 10.7. The van der Waals surface area contributed by atoms with Crippen molar-refractivity contribution in [2.75, 3.05) is 0 Å². The summed E-state index contributed by atoms with van der Waals surface area (Å²) in [6.07, 6.45) is 10.6. The highest BCUT2D eigenvalue weighted by Gasteiger charge is 2.19. The van der Waals surface area contributed by atoms with Crippen LogP contribution in [0.3, 0.4) is 0 Å². The van der Waals surface area contributed by atoms with Gasteiger partial charge in [0.15, 0.2) is 0 Å². The second kappa shape index (κ2) is 5.29. The molecule has 0 fully saturated rings. The third kappa shape index (κ3) is 2.65. The molecule has 80 valence electrons. The van der Waals surface area contributed by atoms with Crippen molar-refractivity contribution < 1.29 is 4.92 Å². The predicted octanol–water partition coefficient (Wildman–Crippen LogP) is 3.39. The molecule has 0 aromatic heterocycles. The van der Waals surface area contributed by atoms with Gasteiger partial charge in [0.2, 0.25) is 0 Å². The van der Waals surface area contributed by atoms with Crippen LogP contribution in [-0.2, 0) is 0 Å². The minimum absolute atomic E-state index is 0.264. The van der Waals surface area contributed by atoms with E-state index >= 15 is 0 Å². The van der Waals surface area contributed by atoms with E-state index in [-0.39, 0.29) is 10.6 Å². The van der Waals surface area contributed by atoms with E-state index < -0.39 is 0 Å². The molecule has 0 aromatic carbocycles. The molecule has 0 unspecified atom stereocenters. The summed E-state index contributed by atoms with van der Waals surface area (Å²) in [6, 6.07) is 0. The lowest BCUT2D eigenvalue weighted by Gasteiger charge is -2.06. The van der Waals surface area contributed by atoms with Crippen LogP contribution in [0.1, 0.15) is 26.7 Å². The lowest BCUT2D eigenvalue weighted by molar-refractivity contribution is -0.422. The molecule has 0 aliphatic heterocycles. The van der Waals surface area contributed by atoms with E-state index in [1.54, 1.807) is 0 Å². The van der Waals surface area contributed by atoms with Crippen molar-refractivity contribution in [1.82, 2.24) is 0 Å². The zero-order chi connectivity index (χ0) is 11.3. The molecular formula is C12H15NO2.